The lowest BCUT2D eigenvalue weighted by molar-refractivity contribution is -0.159. The molecule has 88 heavy (non-hydrogen) atoms. The quantitative estimate of drug-likeness (QED) is 0.0108. The minimum atomic E-state index is -1.21. The number of carbonyl (C=O) groups is 10. The number of unbranched alkanes of at least 4 members (excludes halogenated alkanes) is 6. The molecular formula is C64H112N8O16. The molecule has 1 aromatic rings. The minimum absolute atomic E-state index is 0.0397. The molecule has 0 heterocycles. The molecule has 0 radical (unpaired) electrons. The van der Waals surface area contributed by atoms with Gasteiger partial charge in [0.05, 0.1) is 6.54 Å². The number of aliphatic imine (C=N–C) groups is 1. The van der Waals surface area contributed by atoms with Crippen molar-refractivity contribution in [1.82, 2.24) is 31.5 Å². The van der Waals surface area contributed by atoms with E-state index in [9.17, 15) is 47.9 Å². The molecule has 0 aliphatic rings. The first-order valence-corrected chi connectivity index (χ1v) is 30.7. The topological polar surface area (TPSA) is 328 Å². The molecule has 0 saturated heterocycles. The minimum Gasteiger partial charge on any atom is -0.462 e. The van der Waals surface area contributed by atoms with E-state index in [0.29, 0.717) is 87.7 Å². The van der Waals surface area contributed by atoms with Crippen LogP contribution in [0, 0.1) is 6.92 Å². The second-order valence-electron chi connectivity index (χ2n) is 26.8. The first-order chi connectivity index (χ1) is 40.4. The predicted octanol–water partition coefficient (Wildman–Crippen LogP) is 10.5. The van der Waals surface area contributed by atoms with E-state index in [2.05, 4.69) is 36.3 Å². The Morgan fingerprint density at radius 2 is 0.966 bits per heavy atom. The highest BCUT2D eigenvalue weighted by Crippen LogP contribution is 2.20. The van der Waals surface area contributed by atoms with E-state index in [1.165, 1.54) is 0 Å². The Kier molecular flexibility index (Phi) is 38.2. The monoisotopic (exact) mass is 1250 g/mol. The molecule has 24 nitrogen and oxygen atoms in total. The molecule has 7 N–H and O–H groups in total. The number of guanidine groups is 1. The van der Waals surface area contributed by atoms with Crippen molar-refractivity contribution < 1.29 is 76.4 Å². The standard InChI is InChI=1S/C57H96N8O14.C5H10O2.C2H6/c1-38-36-39(29-30-40(38)37-65(52(74)79-57(14,15)16)49(58)64-51(73)78-56(11,12)13)46(69)61-35-24-19-23-33-59-43(66)27-20-17-18-21-28-44(67)60-34-25-22-26-41(47(70)76-54(5,6)7)62-50(72)63-42(48(71)77-55(8,9)10)31-32-45(68)75-53(2,3)4;1-5(2,3)7-4-6;1-2/h29-30,36,41-42H,17-28,31-35,37H2,1-16H3,(H,59,66)(H,60,67)(H,61,69)(H2,58,64,73)(H2,62,63,72);4H,1-3H3;1-2H3. The van der Waals surface area contributed by atoms with E-state index in [-0.39, 0.29) is 49.1 Å². The first kappa shape index (κ1) is 83.1. The highest BCUT2D eigenvalue weighted by Gasteiger charge is 2.32. The van der Waals surface area contributed by atoms with E-state index >= 15 is 0 Å². The largest absolute Gasteiger partial charge is 0.462 e. The molecule has 0 aliphatic carbocycles. The van der Waals surface area contributed by atoms with Gasteiger partial charge in [-0.1, -0.05) is 32.8 Å². The number of ether oxygens (including phenoxy) is 6. The number of benzene rings is 1. The van der Waals surface area contributed by atoms with Crippen molar-refractivity contribution in [2.24, 2.45) is 10.7 Å². The second kappa shape index (κ2) is 40.5. The summed E-state index contributed by atoms with van der Waals surface area (Å²) in [5, 5.41) is 13.9. The van der Waals surface area contributed by atoms with Crippen LogP contribution in [0.2, 0.25) is 0 Å². The van der Waals surface area contributed by atoms with Gasteiger partial charge >= 0.3 is 36.1 Å². The van der Waals surface area contributed by atoms with Gasteiger partial charge in [0.15, 0.2) is 0 Å². The van der Waals surface area contributed by atoms with E-state index in [0.717, 1.165) is 30.6 Å². The summed E-state index contributed by atoms with van der Waals surface area (Å²) in [5.74, 6) is -2.77. The summed E-state index contributed by atoms with van der Waals surface area (Å²) < 4.78 is 31.7. The van der Waals surface area contributed by atoms with Crippen molar-refractivity contribution in [3.8, 4) is 0 Å². The Bertz CT molecular complexity index is 2390. The lowest BCUT2D eigenvalue weighted by atomic mass is 10.0. The van der Waals surface area contributed by atoms with E-state index in [1.807, 2.05) is 34.6 Å². The van der Waals surface area contributed by atoms with Crippen LogP contribution in [-0.2, 0) is 63.7 Å². The number of hydrogen-bond acceptors (Lipinski definition) is 16. The lowest BCUT2D eigenvalue weighted by Crippen LogP contribution is -2.53. The zero-order valence-corrected chi connectivity index (χ0v) is 57.2. The van der Waals surface area contributed by atoms with Crippen molar-refractivity contribution in [1.29, 1.82) is 0 Å². The van der Waals surface area contributed by atoms with E-state index < -0.39 is 82.2 Å². The second-order valence-corrected chi connectivity index (χ2v) is 26.8. The van der Waals surface area contributed by atoms with Crippen LogP contribution in [0.1, 0.15) is 250 Å². The predicted molar refractivity (Wildman–Crippen MR) is 339 cm³/mol. The third-order valence-corrected chi connectivity index (χ3v) is 11.1. The van der Waals surface area contributed by atoms with Crippen LogP contribution >= 0.6 is 0 Å². The summed E-state index contributed by atoms with van der Waals surface area (Å²) in [6, 6.07) is 1.95. The fraction of sp³-hybridized carbons (Fsp3) is 0.734. The van der Waals surface area contributed by atoms with Gasteiger partial charge in [0.25, 0.3) is 12.4 Å². The Balaban J connectivity index is 0. The Hall–Kier alpha value is -7.01. The highest BCUT2D eigenvalue weighted by molar-refractivity contribution is 5.98. The molecule has 0 saturated carbocycles. The summed E-state index contributed by atoms with van der Waals surface area (Å²) in [6.45, 7) is 38.4. The number of hydrogen-bond donors (Lipinski definition) is 6. The lowest BCUT2D eigenvalue weighted by Gasteiger charge is -2.27. The number of esters is 3. The Labute approximate surface area is 525 Å². The van der Waals surface area contributed by atoms with Gasteiger partial charge in [0.2, 0.25) is 17.8 Å². The molecule has 2 atom stereocenters. The van der Waals surface area contributed by atoms with Gasteiger partial charge in [-0.15, -0.1) is 4.99 Å². The van der Waals surface area contributed by atoms with Crippen LogP contribution in [0.25, 0.3) is 0 Å². The molecule has 7 amide bonds. The number of nitrogens with one attached hydrogen (secondary N) is 5. The van der Waals surface area contributed by atoms with Gasteiger partial charge in [-0.05, 0) is 213 Å². The van der Waals surface area contributed by atoms with E-state index in [1.54, 1.807) is 129 Å². The van der Waals surface area contributed by atoms with Crippen molar-refractivity contribution in [2.75, 3.05) is 19.6 Å². The van der Waals surface area contributed by atoms with Crippen LogP contribution in [0.3, 0.4) is 0 Å². The van der Waals surface area contributed by atoms with Crippen LogP contribution in [-0.4, -0.2) is 137 Å². The molecule has 0 bridgehead atoms. The number of urea groups is 1. The molecule has 0 aromatic heterocycles. The number of rotatable bonds is 29. The zero-order chi connectivity index (χ0) is 68.3. The van der Waals surface area contributed by atoms with Crippen molar-refractivity contribution >= 4 is 66.3 Å². The van der Waals surface area contributed by atoms with Crippen LogP contribution in [0.4, 0.5) is 14.4 Å². The maximum atomic E-state index is 13.2. The normalized spacial score (nSPS) is 12.5. The Morgan fingerprint density at radius 1 is 0.534 bits per heavy atom. The average Bonchev–Trinajstić information content (AvgIpc) is 2.92. The number of amides is 7. The molecule has 1 rings (SSSR count). The highest BCUT2D eigenvalue weighted by atomic mass is 16.6. The summed E-state index contributed by atoms with van der Waals surface area (Å²) >= 11 is 0. The van der Waals surface area contributed by atoms with Gasteiger partial charge in [0, 0.05) is 44.5 Å². The SMILES string of the molecule is CC.CC(C)(C)OC=O.Cc1cc(C(=O)NCCCCCNC(=O)CCCCCCC(=O)NCCCCC(NC(=O)NC(CCC(=O)OC(C)(C)C)C(=O)OC(C)(C)C)C(=O)OC(C)(C)C)ccc1CN(C(=O)OC(C)(C)C)/C(N)=N/C(=O)OC(C)(C)C. The molecule has 0 fully saturated rings. The van der Waals surface area contributed by atoms with Crippen LogP contribution < -0.4 is 32.3 Å². The molecule has 24 heteroatoms. The van der Waals surface area contributed by atoms with Crippen molar-refractivity contribution in [3.05, 3.63) is 34.9 Å². The van der Waals surface area contributed by atoms with Gasteiger partial charge < -0.3 is 60.7 Å². The number of nitrogens with zero attached hydrogens (tertiary/aromatic N) is 2. The molecular weight excluding hydrogens is 1140 g/mol. The summed E-state index contributed by atoms with van der Waals surface area (Å²) in [6.07, 6.45) is 5.02. The maximum Gasteiger partial charge on any atom is 0.437 e. The molecule has 0 spiro atoms. The zero-order valence-electron chi connectivity index (χ0n) is 57.2. The third-order valence-electron chi connectivity index (χ3n) is 11.1. The number of aryl methyl sites for hydroxylation is 1. The molecule has 0 aliphatic heterocycles. The van der Waals surface area contributed by atoms with Crippen LogP contribution in [0.15, 0.2) is 23.2 Å². The number of nitrogens with two attached hydrogens (primary N) is 1. The van der Waals surface area contributed by atoms with Gasteiger partial charge in [-0.25, -0.2) is 28.9 Å². The van der Waals surface area contributed by atoms with Crippen molar-refractivity contribution in [2.45, 2.75) is 288 Å². The van der Waals surface area contributed by atoms with Crippen molar-refractivity contribution in [3.63, 3.8) is 0 Å². The maximum absolute atomic E-state index is 13.2. The first-order valence-electron chi connectivity index (χ1n) is 30.7. The molecule has 2 unspecified atom stereocenters. The third kappa shape index (κ3) is 45.3. The van der Waals surface area contributed by atoms with Gasteiger partial charge in [0.1, 0.15) is 45.7 Å². The average molecular weight is 1250 g/mol. The summed E-state index contributed by atoms with van der Waals surface area (Å²) in [5.41, 5.74) is 3.47. The summed E-state index contributed by atoms with van der Waals surface area (Å²) in [7, 11) is 0. The van der Waals surface area contributed by atoms with Crippen LogP contribution in [0.5, 0.6) is 0 Å². The van der Waals surface area contributed by atoms with E-state index in [4.69, 9.17) is 29.4 Å². The number of carbonyl (C=O) groups excluding carboxylic acids is 10. The smallest absolute Gasteiger partial charge is 0.437 e. The van der Waals surface area contributed by atoms with Gasteiger partial charge in [-0.2, -0.15) is 0 Å². The molecule has 504 valence electrons. The Morgan fingerprint density at radius 3 is 1.39 bits per heavy atom. The fourth-order valence-electron chi connectivity index (χ4n) is 7.34. The summed E-state index contributed by atoms with van der Waals surface area (Å²) in [4.78, 5) is 130. The fourth-order valence-corrected chi connectivity index (χ4v) is 7.34. The molecule has 1 aromatic carbocycles. The van der Waals surface area contributed by atoms with Gasteiger partial charge in [-0.3, -0.25) is 24.0 Å².